The molecule has 0 unspecified atom stereocenters. The standard InChI is InChI=1S/C21H21NO5/c1-5-11-27-17-10-8-15(12-18(17)26-6-2)7-9-16(23)19-13(3)20(21(24)25)22-14(19)4/h1,7-10,12,22H,6,11H2,2-4H3,(H,24,25)/b9-7+. The Kier molecular flexibility index (Phi) is 6.45. The molecule has 0 fully saturated rings. The lowest BCUT2D eigenvalue weighted by Gasteiger charge is -2.10. The fourth-order valence-corrected chi connectivity index (χ4v) is 2.72. The highest BCUT2D eigenvalue weighted by molar-refractivity contribution is 6.10. The van der Waals surface area contributed by atoms with E-state index >= 15 is 0 Å². The van der Waals surface area contributed by atoms with E-state index < -0.39 is 5.97 Å². The van der Waals surface area contributed by atoms with Gasteiger partial charge < -0.3 is 19.6 Å². The molecular weight excluding hydrogens is 346 g/mol. The molecule has 27 heavy (non-hydrogen) atoms. The number of H-pyrrole nitrogens is 1. The lowest BCUT2D eigenvalue weighted by atomic mass is 10.0. The summed E-state index contributed by atoms with van der Waals surface area (Å²) in [5, 5.41) is 9.16. The van der Waals surface area contributed by atoms with Crippen LogP contribution in [0.5, 0.6) is 11.5 Å². The molecule has 0 saturated heterocycles. The van der Waals surface area contributed by atoms with Crippen molar-refractivity contribution in [2.75, 3.05) is 13.2 Å². The maximum atomic E-state index is 12.5. The Hall–Kier alpha value is -3.46. The Morgan fingerprint density at radius 2 is 2.00 bits per heavy atom. The van der Waals surface area contributed by atoms with Gasteiger partial charge in [-0.15, -0.1) is 6.42 Å². The van der Waals surface area contributed by atoms with Crippen LogP contribution in [0.1, 0.15) is 44.6 Å². The normalized spacial score (nSPS) is 10.6. The van der Waals surface area contributed by atoms with Crippen LogP contribution in [0.2, 0.25) is 0 Å². The first-order valence-corrected chi connectivity index (χ1v) is 8.37. The van der Waals surface area contributed by atoms with E-state index in [1.165, 1.54) is 6.08 Å². The number of carbonyl (C=O) groups is 2. The number of terminal acetylenes is 1. The number of ether oxygens (including phenoxy) is 2. The summed E-state index contributed by atoms with van der Waals surface area (Å²) in [6.07, 6.45) is 8.25. The summed E-state index contributed by atoms with van der Waals surface area (Å²) in [6, 6.07) is 5.25. The molecule has 0 bridgehead atoms. The molecule has 6 nitrogen and oxygen atoms in total. The van der Waals surface area contributed by atoms with Crippen LogP contribution in [-0.2, 0) is 0 Å². The number of allylic oxidation sites excluding steroid dienone is 1. The zero-order valence-corrected chi connectivity index (χ0v) is 15.5. The average molecular weight is 367 g/mol. The van der Waals surface area contributed by atoms with Gasteiger partial charge in [0.15, 0.2) is 17.3 Å². The smallest absolute Gasteiger partial charge is 0.352 e. The van der Waals surface area contributed by atoms with E-state index in [-0.39, 0.29) is 18.1 Å². The highest BCUT2D eigenvalue weighted by atomic mass is 16.5. The van der Waals surface area contributed by atoms with E-state index in [2.05, 4.69) is 10.9 Å². The van der Waals surface area contributed by atoms with Gasteiger partial charge in [0.2, 0.25) is 0 Å². The minimum atomic E-state index is -1.09. The Balaban J connectivity index is 2.27. The number of ketones is 1. The van der Waals surface area contributed by atoms with Crippen LogP contribution in [0, 0.1) is 26.2 Å². The molecule has 0 atom stereocenters. The van der Waals surface area contributed by atoms with Crippen molar-refractivity contribution in [3.8, 4) is 23.8 Å². The number of aromatic amines is 1. The fourth-order valence-electron chi connectivity index (χ4n) is 2.72. The zero-order chi connectivity index (χ0) is 20.0. The minimum absolute atomic E-state index is 0.0258. The van der Waals surface area contributed by atoms with Gasteiger partial charge in [0.25, 0.3) is 0 Å². The van der Waals surface area contributed by atoms with Gasteiger partial charge in [-0.25, -0.2) is 4.79 Å². The van der Waals surface area contributed by atoms with Gasteiger partial charge in [-0.3, -0.25) is 4.79 Å². The average Bonchev–Trinajstić information content (AvgIpc) is 2.94. The number of hydrogen-bond acceptors (Lipinski definition) is 4. The Bertz CT molecular complexity index is 931. The van der Waals surface area contributed by atoms with Crippen LogP contribution in [0.3, 0.4) is 0 Å². The maximum absolute atomic E-state index is 12.5. The van der Waals surface area contributed by atoms with Crippen molar-refractivity contribution >= 4 is 17.8 Å². The largest absolute Gasteiger partial charge is 0.490 e. The monoisotopic (exact) mass is 367 g/mol. The molecule has 1 heterocycles. The topological polar surface area (TPSA) is 88.6 Å². The van der Waals surface area contributed by atoms with E-state index in [0.29, 0.717) is 34.9 Å². The van der Waals surface area contributed by atoms with Crippen LogP contribution in [0.15, 0.2) is 24.3 Å². The Morgan fingerprint density at radius 3 is 2.59 bits per heavy atom. The SMILES string of the molecule is C#CCOc1ccc(/C=C/C(=O)c2c(C)[nH]c(C(=O)O)c2C)cc1OCC. The van der Waals surface area contributed by atoms with Crippen molar-refractivity contribution < 1.29 is 24.2 Å². The van der Waals surface area contributed by atoms with Crippen LogP contribution < -0.4 is 9.47 Å². The summed E-state index contributed by atoms with van der Waals surface area (Å²) in [4.78, 5) is 26.5. The van der Waals surface area contributed by atoms with E-state index in [9.17, 15) is 9.59 Å². The quantitative estimate of drug-likeness (QED) is 0.422. The number of hydrogen-bond donors (Lipinski definition) is 2. The first-order valence-electron chi connectivity index (χ1n) is 8.37. The van der Waals surface area contributed by atoms with Gasteiger partial charge in [0, 0.05) is 11.3 Å². The van der Waals surface area contributed by atoms with Gasteiger partial charge in [0.05, 0.1) is 6.61 Å². The van der Waals surface area contributed by atoms with Crippen molar-refractivity contribution in [1.29, 1.82) is 0 Å². The van der Waals surface area contributed by atoms with Gasteiger partial charge in [0.1, 0.15) is 12.3 Å². The third-order valence-corrected chi connectivity index (χ3v) is 3.90. The summed E-state index contributed by atoms with van der Waals surface area (Å²) in [6.45, 7) is 5.72. The molecule has 2 aromatic rings. The summed E-state index contributed by atoms with van der Waals surface area (Å²) < 4.78 is 11.0. The van der Waals surface area contributed by atoms with E-state index in [1.807, 2.05) is 6.92 Å². The predicted octanol–water partition coefficient (Wildman–Crippen LogP) is 3.64. The molecule has 140 valence electrons. The third kappa shape index (κ3) is 4.59. The lowest BCUT2D eigenvalue weighted by Crippen LogP contribution is -2.01. The number of rotatable bonds is 8. The van der Waals surface area contributed by atoms with Crippen LogP contribution >= 0.6 is 0 Å². The highest BCUT2D eigenvalue weighted by Crippen LogP contribution is 2.29. The van der Waals surface area contributed by atoms with E-state index in [4.69, 9.17) is 21.0 Å². The number of aryl methyl sites for hydroxylation is 1. The number of benzene rings is 1. The predicted molar refractivity (Wildman–Crippen MR) is 103 cm³/mol. The van der Waals surface area contributed by atoms with Gasteiger partial charge in [-0.05, 0) is 50.1 Å². The molecule has 1 aromatic carbocycles. The Morgan fingerprint density at radius 1 is 1.26 bits per heavy atom. The number of aromatic nitrogens is 1. The molecule has 0 aliphatic rings. The molecule has 2 rings (SSSR count). The summed E-state index contributed by atoms with van der Waals surface area (Å²) >= 11 is 0. The molecule has 2 N–H and O–H groups in total. The van der Waals surface area contributed by atoms with Gasteiger partial charge in [-0.2, -0.15) is 0 Å². The number of nitrogens with one attached hydrogen (secondary N) is 1. The maximum Gasteiger partial charge on any atom is 0.352 e. The molecule has 0 aliphatic carbocycles. The third-order valence-electron chi connectivity index (χ3n) is 3.90. The highest BCUT2D eigenvalue weighted by Gasteiger charge is 2.20. The van der Waals surface area contributed by atoms with Crippen molar-refractivity contribution in [3.05, 3.63) is 52.4 Å². The summed E-state index contributed by atoms with van der Waals surface area (Å²) in [5.41, 5.74) is 2.07. The number of carboxylic acids is 1. The van der Waals surface area contributed by atoms with Crippen molar-refractivity contribution in [3.63, 3.8) is 0 Å². The van der Waals surface area contributed by atoms with Gasteiger partial charge in [-0.1, -0.05) is 18.1 Å². The Labute approximate surface area is 157 Å². The second-order valence-electron chi connectivity index (χ2n) is 5.76. The molecular formula is C21H21NO5. The van der Waals surface area contributed by atoms with E-state index in [0.717, 1.165) is 5.56 Å². The number of aromatic carboxylic acids is 1. The number of carboxylic acid groups (broad SMARTS) is 1. The van der Waals surface area contributed by atoms with Crippen molar-refractivity contribution in [1.82, 2.24) is 4.98 Å². The van der Waals surface area contributed by atoms with Gasteiger partial charge >= 0.3 is 5.97 Å². The second-order valence-corrected chi connectivity index (χ2v) is 5.76. The molecule has 0 radical (unpaired) electrons. The first kappa shape index (κ1) is 19.9. The van der Waals surface area contributed by atoms with Crippen molar-refractivity contribution in [2.45, 2.75) is 20.8 Å². The zero-order valence-electron chi connectivity index (χ0n) is 15.5. The summed E-state index contributed by atoms with van der Waals surface area (Å²) in [5.74, 6) is 2.09. The second kappa shape index (κ2) is 8.77. The fraction of sp³-hybridized carbons (Fsp3) is 0.238. The summed E-state index contributed by atoms with van der Waals surface area (Å²) in [7, 11) is 0. The van der Waals surface area contributed by atoms with Crippen LogP contribution in [0.25, 0.3) is 6.08 Å². The lowest BCUT2D eigenvalue weighted by molar-refractivity contribution is 0.0690. The molecule has 0 saturated carbocycles. The molecule has 6 heteroatoms. The molecule has 0 aliphatic heterocycles. The first-order chi connectivity index (χ1) is 12.9. The molecule has 1 aromatic heterocycles. The molecule has 0 amide bonds. The van der Waals surface area contributed by atoms with Crippen LogP contribution in [0.4, 0.5) is 0 Å². The van der Waals surface area contributed by atoms with Crippen LogP contribution in [-0.4, -0.2) is 35.1 Å². The number of carbonyl (C=O) groups excluding carboxylic acids is 1. The van der Waals surface area contributed by atoms with Crippen molar-refractivity contribution in [2.24, 2.45) is 0 Å². The molecule has 0 spiro atoms. The minimum Gasteiger partial charge on any atom is -0.490 e. The van der Waals surface area contributed by atoms with E-state index in [1.54, 1.807) is 38.1 Å².